The lowest BCUT2D eigenvalue weighted by Gasteiger charge is -2.28. The fourth-order valence-corrected chi connectivity index (χ4v) is 5.32. The van der Waals surface area contributed by atoms with E-state index in [1.165, 1.54) is 28.9 Å². The normalized spacial score (nSPS) is 18.1. The van der Waals surface area contributed by atoms with Crippen molar-refractivity contribution >= 4 is 17.5 Å². The van der Waals surface area contributed by atoms with Gasteiger partial charge in [-0.2, -0.15) is 0 Å². The molecule has 0 aromatic heterocycles. The lowest BCUT2D eigenvalue weighted by Crippen LogP contribution is -2.29. The van der Waals surface area contributed by atoms with E-state index in [1.54, 1.807) is 0 Å². The SMILES string of the molecule is CCCCC1(CC)CSc2ccccc2C(c2ccc(OCc3ccccc3)cc2)=N1. The van der Waals surface area contributed by atoms with E-state index < -0.39 is 0 Å². The van der Waals surface area contributed by atoms with Crippen LogP contribution in [0.15, 0.2) is 88.8 Å². The number of thioether (sulfide) groups is 1. The van der Waals surface area contributed by atoms with Gasteiger partial charge in [0.15, 0.2) is 0 Å². The maximum absolute atomic E-state index is 6.00. The lowest BCUT2D eigenvalue weighted by atomic mass is 9.91. The van der Waals surface area contributed by atoms with Gasteiger partial charge in [0.1, 0.15) is 12.4 Å². The number of rotatable bonds is 8. The molecule has 3 aromatic rings. The fourth-order valence-electron chi connectivity index (χ4n) is 3.99. The summed E-state index contributed by atoms with van der Waals surface area (Å²) in [7, 11) is 0. The van der Waals surface area contributed by atoms with E-state index in [0.717, 1.165) is 35.6 Å². The second kappa shape index (κ2) is 10.2. The number of aliphatic imine (C=N–C) groups is 1. The van der Waals surface area contributed by atoms with E-state index in [0.29, 0.717) is 6.61 Å². The Kier molecular flexibility index (Phi) is 7.14. The monoisotopic (exact) mass is 429 g/mol. The van der Waals surface area contributed by atoms with Crippen LogP contribution in [0.2, 0.25) is 0 Å². The van der Waals surface area contributed by atoms with Crippen LogP contribution in [0.4, 0.5) is 0 Å². The van der Waals surface area contributed by atoms with Gasteiger partial charge in [-0.05, 0) is 48.7 Å². The summed E-state index contributed by atoms with van der Waals surface area (Å²) >= 11 is 1.96. The van der Waals surface area contributed by atoms with Gasteiger partial charge < -0.3 is 4.74 Å². The third-order valence-electron chi connectivity index (χ3n) is 6.02. The topological polar surface area (TPSA) is 21.6 Å². The highest BCUT2D eigenvalue weighted by molar-refractivity contribution is 7.99. The Balaban J connectivity index is 1.63. The highest BCUT2D eigenvalue weighted by atomic mass is 32.2. The zero-order valence-electron chi connectivity index (χ0n) is 18.5. The number of fused-ring (bicyclic) bond motifs is 1. The number of ether oxygens (including phenoxy) is 1. The Hall–Kier alpha value is -2.52. The Labute approximate surface area is 190 Å². The summed E-state index contributed by atoms with van der Waals surface area (Å²) in [6, 6.07) is 27.4. The van der Waals surface area contributed by atoms with E-state index in [-0.39, 0.29) is 5.54 Å². The molecule has 0 aliphatic carbocycles. The van der Waals surface area contributed by atoms with Gasteiger partial charge in [0.2, 0.25) is 0 Å². The zero-order chi connectivity index (χ0) is 21.5. The average Bonchev–Trinajstić information content (AvgIpc) is 3.00. The van der Waals surface area contributed by atoms with Crippen LogP contribution < -0.4 is 4.74 Å². The third-order valence-corrected chi connectivity index (χ3v) is 7.37. The second-order valence-electron chi connectivity index (χ2n) is 8.23. The number of benzene rings is 3. The smallest absolute Gasteiger partial charge is 0.119 e. The standard InChI is InChI=1S/C28H31NOS/c1-3-5-19-28(4-2)21-31-26-14-10-9-13-25(26)27(29-28)23-15-17-24(18-16-23)30-20-22-11-7-6-8-12-22/h6-18H,3-5,19-21H2,1-2H3. The summed E-state index contributed by atoms with van der Waals surface area (Å²) in [5.41, 5.74) is 4.70. The molecule has 3 heteroatoms. The molecule has 31 heavy (non-hydrogen) atoms. The van der Waals surface area contributed by atoms with Crippen LogP contribution in [0.3, 0.4) is 0 Å². The summed E-state index contributed by atoms with van der Waals surface area (Å²) in [5, 5.41) is 0. The molecule has 1 heterocycles. The fraction of sp³-hybridized carbons (Fsp3) is 0.321. The molecule has 0 fully saturated rings. The molecule has 0 saturated carbocycles. The Bertz CT molecular complexity index is 1010. The van der Waals surface area contributed by atoms with Crippen LogP contribution in [-0.2, 0) is 6.61 Å². The number of hydrogen-bond acceptors (Lipinski definition) is 3. The second-order valence-corrected chi connectivity index (χ2v) is 9.24. The number of nitrogens with zero attached hydrogens (tertiary/aromatic N) is 1. The van der Waals surface area contributed by atoms with Gasteiger partial charge in [-0.25, -0.2) is 0 Å². The van der Waals surface area contributed by atoms with Crippen molar-refractivity contribution in [2.45, 2.75) is 56.6 Å². The van der Waals surface area contributed by atoms with E-state index in [9.17, 15) is 0 Å². The van der Waals surface area contributed by atoms with Crippen molar-refractivity contribution in [1.82, 2.24) is 0 Å². The van der Waals surface area contributed by atoms with Gasteiger partial charge in [-0.3, -0.25) is 4.99 Å². The highest BCUT2D eigenvalue weighted by Gasteiger charge is 2.31. The largest absolute Gasteiger partial charge is 0.489 e. The quantitative estimate of drug-likeness (QED) is 0.369. The number of unbranched alkanes of at least 4 members (excludes halogenated alkanes) is 1. The van der Waals surface area contributed by atoms with Gasteiger partial charge >= 0.3 is 0 Å². The molecule has 1 aliphatic heterocycles. The predicted octanol–water partition coefficient (Wildman–Crippen LogP) is 7.55. The highest BCUT2D eigenvalue weighted by Crippen LogP contribution is 2.38. The summed E-state index contributed by atoms with van der Waals surface area (Å²) < 4.78 is 6.00. The first-order chi connectivity index (χ1) is 15.2. The minimum Gasteiger partial charge on any atom is -0.489 e. The molecule has 2 nitrogen and oxygen atoms in total. The van der Waals surface area contributed by atoms with Crippen molar-refractivity contribution in [3.63, 3.8) is 0 Å². The summed E-state index contributed by atoms with van der Waals surface area (Å²) in [4.78, 5) is 6.78. The van der Waals surface area contributed by atoms with E-state index >= 15 is 0 Å². The van der Waals surface area contributed by atoms with Crippen LogP contribution in [0.5, 0.6) is 5.75 Å². The Morgan fingerprint density at radius 3 is 2.39 bits per heavy atom. The Morgan fingerprint density at radius 1 is 0.903 bits per heavy atom. The van der Waals surface area contributed by atoms with E-state index in [2.05, 4.69) is 74.5 Å². The van der Waals surface area contributed by atoms with Gasteiger partial charge in [0.25, 0.3) is 0 Å². The molecule has 0 saturated heterocycles. The van der Waals surface area contributed by atoms with Gasteiger partial charge in [0, 0.05) is 21.8 Å². The molecule has 0 amide bonds. The predicted molar refractivity (Wildman–Crippen MR) is 133 cm³/mol. The molecule has 1 unspecified atom stereocenters. The van der Waals surface area contributed by atoms with Gasteiger partial charge in [-0.15, -0.1) is 11.8 Å². The minimum absolute atomic E-state index is 0.00247. The molecule has 0 N–H and O–H groups in total. The van der Waals surface area contributed by atoms with Crippen LogP contribution in [0.25, 0.3) is 0 Å². The van der Waals surface area contributed by atoms with Crippen molar-refractivity contribution in [3.8, 4) is 5.75 Å². The maximum atomic E-state index is 6.00. The zero-order valence-corrected chi connectivity index (χ0v) is 19.3. The van der Waals surface area contributed by atoms with Crippen molar-refractivity contribution in [1.29, 1.82) is 0 Å². The number of hydrogen-bond donors (Lipinski definition) is 0. The van der Waals surface area contributed by atoms with Crippen molar-refractivity contribution < 1.29 is 4.74 Å². The van der Waals surface area contributed by atoms with Crippen molar-refractivity contribution in [3.05, 3.63) is 95.6 Å². The summed E-state index contributed by atoms with van der Waals surface area (Å²) in [6.45, 7) is 5.13. The summed E-state index contributed by atoms with van der Waals surface area (Å²) in [5.74, 6) is 1.93. The molecule has 0 spiro atoms. The van der Waals surface area contributed by atoms with Crippen molar-refractivity contribution in [2.75, 3.05) is 5.75 Å². The molecule has 0 radical (unpaired) electrons. The lowest BCUT2D eigenvalue weighted by molar-refractivity contribution is 0.306. The van der Waals surface area contributed by atoms with Gasteiger partial charge in [0.05, 0.1) is 11.3 Å². The summed E-state index contributed by atoms with van der Waals surface area (Å²) in [6.07, 6.45) is 4.63. The molecule has 4 rings (SSSR count). The first-order valence-corrected chi connectivity index (χ1v) is 12.3. The van der Waals surface area contributed by atoms with Crippen LogP contribution in [-0.4, -0.2) is 17.0 Å². The van der Waals surface area contributed by atoms with Crippen molar-refractivity contribution in [2.24, 2.45) is 4.99 Å². The maximum Gasteiger partial charge on any atom is 0.119 e. The first kappa shape index (κ1) is 21.7. The minimum atomic E-state index is -0.00247. The molecule has 1 atom stereocenters. The Morgan fingerprint density at radius 2 is 1.65 bits per heavy atom. The molecule has 160 valence electrons. The van der Waals surface area contributed by atoms with Crippen LogP contribution in [0.1, 0.15) is 56.2 Å². The molecular weight excluding hydrogens is 398 g/mol. The van der Waals surface area contributed by atoms with Gasteiger partial charge in [-0.1, -0.05) is 75.2 Å². The molecule has 1 aliphatic rings. The molecule has 0 bridgehead atoms. The molecular formula is C28H31NOS. The van der Waals surface area contributed by atoms with Crippen LogP contribution in [0, 0.1) is 0 Å². The molecule has 3 aromatic carbocycles. The van der Waals surface area contributed by atoms with E-state index in [4.69, 9.17) is 9.73 Å². The average molecular weight is 430 g/mol. The van der Waals surface area contributed by atoms with E-state index in [1.807, 2.05) is 30.0 Å². The first-order valence-electron chi connectivity index (χ1n) is 11.3. The third kappa shape index (κ3) is 5.22. The van der Waals surface area contributed by atoms with Crippen LogP contribution >= 0.6 is 11.8 Å².